The predicted octanol–water partition coefficient (Wildman–Crippen LogP) is 3.82. The summed E-state index contributed by atoms with van der Waals surface area (Å²) in [7, 11) is 0. The Kier molecular flexibility index (Phi) is 1.87. The molecule has 6 bridgehead atoms. The van der Waals surface area contributed by atoms with Crippen molar-refractivity contribution in [2.45, 2.75) is 57.8 Å². The maximum atomic E-state index is 12.9. The van der Waals surface area contributed by atoms with Gasteiger partial charge in [-0.05, 0) is 74.0 Å². The van der Waals surface area contributed by atoms with Gasteiger partial charge in [-0.3, -0.25) is 4.79 Å². The highest BCUT2D eigenvalue weighted by Gasteiger charge is 2.69. The van der Waals surface area contributed by atoms with Gasteiger partial charge in [-0.2, -0.15) is 0 Å². The van der Waals surface area contributed by atoms with Crippen LogP contribution in [0.3, 0.4) is 0 Å². The van der Waals surface area contributed by atoms with Gasteiger partial charge in [-0.25, -0.2) is 0 Å². The molecule has 5 saturated carbocycles. The molecule has 5 aliphatic rings. The Morgan fingerprint density at radius 2 is 1.83 bits per heavy atom. The van der Waals surface area contributed by atoms with E-state index in [1.54, 1.807) is 0 Å². The van der Waals surface area contributed by atoms with E-state index in [9.17, 15) is 4.79 Å². The molecule has 0 aromatic carbocycles. The Bertz CT molecular complexity index is 414. The Morgan fingerprint density at radius 3 is 2.78 bits per heavy atom. The molecule has 1 nitrogen and oxygen atoms in total. The van der Waals surface area contributed by atoms with Crippen LogP contribution in [0.15, 0.2) is 0 Å². The van der Waals surface area contributed by atoms with Gasteiger partial charge in [0, 0.05) is 11.8 Å². The highest BCUT2D eigenvalue weighted by molar-refractivity contribution is 5.86. The first-order chi connectivity index (χ1) is 8.80. The van der Waals surface area contributed by atoms with Gasteiger partial charge in [0.15, 0.2) is 0 Å². The van der Waals surface area contributed by atoms with Gasteiger partial charge in [0.1, 0.15) is 5.78 Å². The van der Waals surface area contributed by atoms with Crippen LogP contribution >= 0.6 is 0 Å². The second-order valence-corrected chi connectivity index (χ2v) is 8.03. The minimum atomic E-state index is 0.494. The van der Waals surface area contributed by atoms with Crippen LogP contribution in [-0.2, 0) is 4.79 Å². The van der Waals surface area contributed by atoms with Crippen LogP contribution in [0.4, 0.5) is 0 Å². The van der Waals surface area contributed by atoms with E-state index in [1.807, 2.05) is 0 Å². The summed E-state index contributed by atoms with van der Waals surface area (Å²) < 4.78 is 0. The summed E-state index contributed by atoms with van der Waals surface area (Å²) in [5, 5.41) is 0. The smallest absolute Gasteiger partial charge is 0.139 e. The topological polar surface area (TPSA) is 17.1 Å². The van der Waals surface area contributed by atoms with Crippen LogP contribution in [0, 0.1) is 40.9 Å². The van der Waals surface area contributed by atoms with Crippen LogP contribution < -0.4 is 0 Å². The van der Waals surface area contributed by atoms with Gasteiger partial charge in [0.2, 0.25) is 0 Å². The van der Waals surface area contributed by atoms with Gasteiger partial charge in [0.25, 0.3) is 0 Å². The molecule has 98 valence electrons. The average Bonchev–Trinajstić information content (AvgIpc) is 3.00. The first-order valence-corrected chi connectivity index (χ1v) is 8.34. The number of hydrogen-bond donors (Lipinski definition) is 0. The molecule has 0 heterocycles. The van der Waals surface area contributed by atoms with Crippen LogP contribution in [0.5, 0.6) is 0 Å². The zero-order chi connectivity index (χ0) is 11.9. The maximum absolute atomic E-state index is 12.9. The second kappa shape index (κ2) is 3.22. The largest absolute Gasteiger partial charge is 0.299 e. The minimum absolute atomic E-state index is 0.494. The van der Waals surface area contributed by atoms with Crippen molar-refractivity contribution in [3.05, 3.63) is 0 Å². The molecule has 0 aromatic heterocycles. The Balaban J connectivity index is 1.66. The van der Waals surface area contributed by atoms with Gasteiger partial charge < -0.3 is 0 Å². The fourth-order valence-electron chi connectivity index (χ4n) is 7.45. The van der Waals surface area contributed by atoms with Gasteiger partial charge >= 0.3 is 0 Å². The molecule has 5 rings (SSSR count). The van der Waals surface area contributed by atoms with Crippen LogP contribution in [-0.4, -0.2) is 5.78 Å². The van der Waals surface area contributed by atoms with Crippen molar-refractivity contribution in [3.8, 4) is 0 Å². The Labute approximate surface area is 110 Å². The minimum Gasteiger partial charge on any atom is -0.299 e. The number of Topliss-reactive ketones (excluding diaryl/α,β-unsaturated/α-hetero) is 1. The fraction of sp³-hybridized carbons (Fsp3) is 0.941. The van der Waals surface area contributed by atoms with E-state index < -0.39 is 0 Å². The third kappa shape index (κ3) is 0.980. The third-order valence-corrected chi connectivity index (χ3v) is 7.85. The fourth-order valence-corrected chi connectivity index (χ4v) is 7.45. The summed E-state index contributed by atoms with van der Waals surface area (Å²) in [4.78, 5) is 12.9. The lowest BCUT2D eigenvalue weighted by Gasteiger charge is -2.48. The number of hydrogen-bond acceptors (Lipinski definition) is 1. The molecule has 5 aliphatic carbocycles. The van der Waals surface area contributed by atoms with Crippen molar-refractivity contribution in [2.24, 2.45) is 40.9 Å². The number of carbonyl (C=O) groups excluding carboxylic acids is 1. The van der Waals surface area contributed by atoms with Crippen molar-refractivity contribution < 1.29 is 4.79 Å². The summed E-state index contributed by atoms with van der Waals surface area (Å²) in [5.74, 6) is 5.48. The molecule has 0 N–H and O–H groups in total. The van der Waals surface area contributed by atoms with Crippen molar-refractivity contribution in [3.63, 3.8) is 0 Å². The highest BCUT2D eigenvalue weighted by Crippen LogP contribution is 2.74. The monoisotopic (exact) mass is 244 g/mol. The average molecular weight is 244 g/mol. The summed E-state index contributed by atoms with van der Waals surface area (Å²) in [6.45, 7) is 0. The summed E-state index contributed by atoms with van der Waals surface area (Å²) in [6.07, 6.45) is 12.5. The quantitative estimate of drug-likeness (QED) is 0.633. The van der Waals surface area contributed by atoms with E-state index >= 15 is 0 Å². The number of rotatable bonds is 0. The molecule has 1 spiro atoms. The lowest BCUT2D eigenvalue weighted by Crippen LogP contribution is -2.47. The van der Waals surface area contributed by atoms with Crippen LogP contribution in [0.2, 0.25) is 0 Å². The third-order valence-electron chi connectivity index (χ3n) is 7.85. The van der Waals surface area contributed by atoms with Crippen molar-refractivity contribution >= 4 is 5.78 Å². The summed E-state index contributed by atoms with van der Waals surface area (Å²) in [5.41, 5.74) is 0.533. The molecule has 7 atom stereocenters. The zero-order valence-electron chi connectivity index (χ0n) is 11.2. The predicted molar refractivity (Wildman–Crippen MR) is 69.9 cm³/mol. The van der Waals surface area contributed by atoms with E-state index in [1.165, 1.54) is 57.8 Å². The van der Waals surface area contributed by atoms with Gasteiger partial charge in [-0.1, -0.05) is 12.8 Å². The maximum Gasteiger partial charge on any atom is 0.139 e. The molecule has 7 unspecified atom stereocenters. The van der Waals surface area contributed by atoms with Crippen molar-refractivity contribution in [1.29, 1.82) is 0 Å². The van der Waals surface area contributed by atoms with Crippen LogP contribution in [0.25, 0.3) is 0 Å². The second-order valence-electron chi connectivity index (χ2n) is 8.03. The number of ketones is 1. The number of carbonyl (C=O) groups is 1. The molecule has 1 heteroatoms. The lowest BCUT2D eigenvalue weighted by atomic mass is 9.55. The van der Waals surface area contributed by atoms with Crippen molar-refractivity contribution in [1.82, 2.24) is 0 Å². The van der Waals surface area contributed by atoms with Crippen molar-refractivity contribution in [2.75, 3.05) is 0 Å². The first kappa shape index (κ1) is 10.5. The normalized spacial score (nSPS) is 60.8. The molecule has 5 fully saturated rings. The van der Waals surface area contributed by atoms with E-state index in [4.69, 9.17) is 0 Å². The molecular weight excluding hydrogens is 220 g/mol. The molecule has 0 radical (unpaired) electrons. The molecular formula is C17H24O. The Morgan fingerprint density at radius 1 is 0.944 bits per heavy atom. The van der Waals surface area contributed by atoms with E-state index in [0.29, 0.717) is 17.3 Å². The van der Waals surface area contributed by atoms with E-state index in [0.717, 1.165) is 29.5 Å². The first-order valence-electron chi connectivity index (χ1n) is 8.34. The summed E-state index contributed by atoms with van der Waals surface area (Å²) in [6, 6.07) is 0. The Hall–Kier alpha value is -0.330. The summed E-state index contributed by atoms with van der Waals surface area (Å²) >= 11 is 0. The molecule has 18 heavy (non-hydrogen) atoms. The molecule has 0 amide bonds. The lowest BCUT2D eigenvalue weighted by molar-refractivity contribution is -0.139. The number of fused-ring (bicyclic) bond motifs is 7. The standard InChI is InChI=1S/C17H24O/c18-16-13-3-1-2-4-14(16)17-9-11(13)8-15(17)10-5-6-12(17)7-10/h10-15H,1-9H2. The van der Waals surface area contributed by atoms with E-state index in [-0.39, 0.29) is 0 Å². The SMILES string of the molecule is O=C1C2CCCCC1C13CC2CC1C1CCC3C1. The van der Waals surface area contributed by atoms with Gasteiger partial charge in [-0.15, -0.1) is 0 Å². The molecule has 0 aliphatic heterocycles. The van der Waals surface area contributed by atoms with Gasteiger partial charge in [0.05, 0.1) is 0 Å². The van der Waals surface area contributed by atoms with Crippen LogP contribution in [0.1, 0.15) is 57.8 Å². The zero-order valence-corrected chi connectivity index (χ0v) is 11.2. The molecule has 0 saturated heterocycles. The molecule has 0 aromatic rings. The highest BCUT2D eigenvalue weighted by atomic mass is 16.1. The van der Waals surface area contributed by atoms with E-state index in [2.05, 4.69) is 0 Å².